The first-order valence-corrected chi connectivity index (χ1v) is 9.01. The third kappa shape index (κ3) is 3.07. The van der Waals surface area contributed by atoms with Gasteiger partial charge in [0.05, 0.1) is 28.7 Å². The number of carbonyl (C=O) groups is 1. The van der Waals surface area contributed by atoms with Crippen LogP contribution in [0.15, 0.2) is 59.8 Å². The Morgan fingerprint density at radius 1 is 1.08 bits per heavy atom. The topological polar surface area (TPSA) is 55.3 Å². The van der Waals surface area contributed by atoms with Gasteiger partial charge in [-0.2, -0.15) is 0 Å². The third-order valence-electron chi connectivity index (χ3n) is 3.92. The first kappa shape index (κ1) is 16.7. The largest absolute Gasteiger partial charge is 0.497 e. The van der Waals surface area contributed by atoms with Crippen molar-refractivity contribution in [2.24, 2.45) is 0 Å². The van der Waals surface area contributed by atoms with E-state index >= 15 is 0 Å². The fraction of sp³-hybridized carbons (Fsp3) is 0.0526. The lowest BCUT2D eigenvalue weighted by Crippen LogP contribution is -2.27. The summed E-state index contributed by atoms with van der Waals surface area (Å²) in [6.45, 7) is 0. The van der Waals surface area contributed by atoms with Crippen molar-refractivity contribution < 1.29 is 9.53 Å². The van der Waals surface area contributed by atoms with Crippen molar-refractivity contribution >= 4 is 57.0 Å². The van der Waals surface area contributed by atoms with Crippen LogP contribution in [-0.2, 0) is 4.79 Å². The van der Waals surface area contributed by atoms with Crippen LogP contribution in [0.25, 0.3) is 17.1 Å². The number of rotatable bonds is 3. The van der Waals surface area contributed by atoms with Gasteiger partial charge in [0.2, 0.25) is 0 Å². The van der Waals surface area contributed by atoms with E-state index in [2.05, 4.69) is 9.97 Å². The summed E-state index contributed by atoms with van der Waals surface area (Å²) in [5.74, 6) is 0.594. The minimum absolute atomic E-state index is 0.135. The molecule has 1 aliphatic rings. The number of thiocarbonyl (C=S) groups is 1. The average Bonchev–Trinajstić information content (AvgIpc) is 2.95. The molecule has 128 valence electrons. The van der Waals surface area contributed by atoms with E-state index in [0.29, 0.717) is 9.23 Å². The maximum absolute atomic E-state index is 12.8. The Kier molecular flexibility index (Phi) is 4.40. The number of methoxy groups -OCH3 is 1. The molecule has 2 heterocycles. The third-order valence-corrected chi connectivity index (χ3v) is 5.22. The Balaban J connectivity index is 1.65. The number of carbonyl (C=O) groups excluding carboxylic acids is 1. The van der Waals surface area contributed by atoms with Gasteiger partial charge in [0, 0.05) is 12.4 Å². The summed E-state index contributed by atoms with van der Waals surface area (Å²) in [7, 11) is 1.60. The quantitative estimate of drug-likeness (QED) is 0.506. The van der Waals surface area contributed by atoms with Crippen LogP contribution in [-0.4, -0.2) is 27.3 Å². The summed E-state index contributed by atoms with van der Waals surface area (Å²) in [6.07, 6.45) is 5.13. The standard InChI is InChI=1S/C19H13N3O2S2/c1-24-14-5-3-13(4-6-14)22-18(23)17(26-19(22)25)11-12-2-7-15-16(10-12)21-9-8-20-15/h2-11H,1H3/b17-11-. The van der Waals surface area contributed by atoms with Crippen molar-refractivity contribution in [2.45, 2.75) is 0 Å². The molecule has 0 bridgehead atoms. The van der Waals surface area contributed by atoms with E-state index in [-0.39, 0.29) is 5.91 Å². The van der Waals surface area contributed by atoms with E-state index < -0.39 is 0 Å². The molecule has 0 saturated carbocycles. The molecule has 1 saturated heterocycles. The van der Waals surface area contributed by atoms with Crippen molar-refractivity contribution in [3.8, 4) is 5.75 Å². The van der Waals surface area contributed by atoms with E-state index in [1.165, 1.54) is 16.7 Å². The lowest BCUT2D eigenvalue weighted by molar-refractivity contribution is -0.113. The van der Waals surface area contributed by atoms with Crippen LogP contribution in [0.3, 0.4) is 0 Å². The summed E-state index contributed by atoms with van der Waals surface area (Å²) in [5, 5.41) is 0. The number of ether oxygens (including phenoxy) is 1. The van der Waals surface area contributed by atoms with Gasteiger partial charge in [0.25, 0.3) is 5.91 Å². The Labute approximate surface area is 159 Å². The highest BCUT2D eigenvalue weighted by Crippen LogP contribution is 2.36. The van der Waals surface area contributed by atoms with Crippen molar-refractivity contribution in [3.63, 3.8) is 0 Å². The van der Waals surface area contributed by atoms with Crippen LogP contribution < -0.4 is 9.64 Å². The maximum atomic E-state index is 12.8. The molecule has 0 aliphatic carbocycles. The molecule has 1 aliphatic heterocycles. The molecule has 26 heavy (non-hydrogen) atoms. The smallest absolute Gasteiger partial charge is 0.270 e. The molecule has 0 atom stereocenters. The van der Waals surface area contributed by atoms with Gasteiger partial charge in [-0.25, -0.2) is 0 Å². The van der Waals surface area contributed by atoms with Crippen LogP contribution >= 0.6 is 24.0 Å². The SMILES string of the molecule is COc1ccc(N2C(=O)/C(=C/c3ccc4nccnc4c3)SC2=S)cc1. The zero-order valence-electron chi connectivity index (χ0n) is 13.7. The summed E-state index contributed by atoms with van der Waals surface area (Å²) in [4.78, 5) is 23.5. The van der Waals surface area contributed by atoms with Crippen LogP contribution in [0, 0.1) is 0 Å². The summed E-state index contributed by atoms with van der Waals surface area (Å²) < 4.78 is 5.66. The molecule has 1 amide bonds. The van der Waals surface area contributed by atoms with Crippen LogP contribution in [0.4, 0.5) is 5.69 Å². The van der Waals surface area contributed by atoms with Crippen molar-refractivity contribution in [1.29, 1.82) is 0 Å². The summed E-state index contributed by atoms with van der Waals surface area (Å²) >= 11 is 6.69. The number of hydrogen-bond acceptors (Lipinski definition) is 6. The summed E-state index contributed by atoms with van der Waals surface area (Å²) in [6, 6.07) is 13.0. The predicted octanol–water partition coefficient (Wildman–Crippen LogP) is 4.04. The monoisotopic (exact) mass is 379 g/mol. The van der Waals surface area contributed by atoms with Crippen LogP contribution in [0.1, 0.15) is 5.56 Å². The number of nitrogens with zero attached hydrogens (tertiary/aromatic N) is 3. The minimum Gasteiger partial charge on any atom is -0.497 e. The number of anilines is 1. The number of amides is 1. The molecule has 2 aromatic carbocycles. The second-order valence-corrected chi connectivity index (χ2v) is 7.20. The second-order valence-electron chi connectivity index (χ2n) is 5.52. The first-order chi connectivity index (χ1) is 12.7. The van der Waals surface area contributed by atoms with Crippen molar-refractivity contribution in [3.05, 3.63) is 65.3 Å². The number of aromatic nitrogens is 2. The molecule has 4 rings (SSSR count). The van der Waals surface area contributed by atoms with E-state index in [4.69, 9.17) is 17.0 Å². The molecule has 0 radical (unpaired) electrons. The fourth-order valence-electron chi connectivity index (χ4n) is 2.64. The van der Waals surface area contributed by atoms with E-state index in [1.807, 2.05) is 36.4 Å². The Bertz CT molecular complexity index is 1050. The van der Waals surface area contributed by atoms with Gasteiger partial charge in [-0.05, 0) is 48.0 Å². The number of thioether (sulfide) groups is 1. The Hall–Kier alpha value is -2.77. The molecule has 5 nitrogen and oxygen atoms in total. The zero-order valence-corrected chi connectivity index (χ0v) is 15.4. The molecule has 0 spiro atoms. The molecule has 7 heteroatoms. The molecular weight excluding hydrogens is 366 g/mol. The highest BCUT2D eigenvalue weighted by Gasteiger charge is 2.33. The molecule has 3 aromatic rings. The van der Waals surface area contributed by atoms with Crippen LogP contribution in [0.2, 0.25) is 0 Å². The molecular formula is C19H13N3O2S2. The number of benzene rings is 2. The minimum atomic E-state index is -0.135. The number of hydrogen-bond donors (Lipinski definition) is 0. The highest BCUT2D eigenvalue weighted by atomic mass is 32.2. The highest BCUT2D eigenvalue weighted by molar-refractivity contribution is 8.27. The van der Waals surface area contributed by atoms with Gasteiger partial charge in [-0.1, -0.05) is 30.0 Å². The molecule has 0 unspecified atom stereocenters. The van der Waals surface area contributed by atoms with Gasteiger partial charge in [0.15, 0.2) is 4.32 Å². The Morgan fingerprint density at radius 2 is 1.81 bits per heavy atom. The Morgan fingerprint density at radius 3 is 2.54 bits per heavy atom. The molecule has 1 fully saturated rings. The van der Waals surface area contributed by atoms with Crippen LogP contribution in [0.5, 0.6) is 5.75 Å². The van der Waals surface area contributed by atoms with E-state index in [1.54, 1.807) is 31.6 Å². The van der Waals surface area contributed by atoms with E-state index in [9.17, 15) is 4.79 Å². The predicted molar refractivity (Wildman–Crippen MR) is 108 cm³/mol. The number of fused-ring (bicyclic) bond motifs is 1. The lowest BCUT2D eigenvalue weighted by Gasteiger charge is -2.14. The normalized spacial score (nSPS) is 15.9. The average molecular weight is 379 g/mol. The molecule has 0 N–H and O–H groups in total. The van der Waals surface area contributed by atoms with Crippen molar-refractivity contribution in [2.75, 3.05) is 12.0 Å². The van der Waals surface area contributed by atoms with Gasteiger partial charge >= 0.3 is 0 Å². The van der Waals surface area contributed by atoms with Crippen molar-refractivity contribution in [1.82, 2.24) is 9.97 Å². The second kappa shape index (κ2) is 6.86. The van der Waals surface area contributed by atoms with Gasteiger partial charge in [-0.3, -0.25) is 19.7 Å². The van der Waals surface area contributed by atoms with Gasteiger partial charge in [0.1, 0.15) is 5.75 Å². The van der Waals surface area contributed by atoms with E-state index in [0.717, 1.165) is 28.0 Å². The fourth-order valence-corrected chi connectivity index (χ4v) is 3.94. The molecule has 1 aromatic heterocycles. The van der Waals surface area contributed by atoms with Gasteiger partial charge < -0.3 is 4.74 Å². The van der Waals surface area contributed by atoms with Gasteiger partial charge in [-0.15, -0.1) is 0 Å². The first-order valence-electron chi connectivity index (χ1n) is 7.78. The zero-order chi connectivity index (χ0) is 18.1. The lowest BCUT2D eigenvalue weighted by atomic mass is 10.1. The maximum Gasteiger partial charge on any atom is 0.270 e. The summed E-state index contributed by atoms with van der Waals surface area (Å²) in [5.41, 5.74) is 3.21.